The van der Waals surface area contributed by atoms with Gasteiger partial charge in [-0.15, -0.1) is 11.3 Å². The highest BCUT2D eigenvalue weighted by Gasteiger charge is 2.05. The number of hydrogen-bond donors (Lipinski definition) is 1. The second-order valence-electron chi connectivity index (χ2n) is 4.89. The summed E-state index contributed by atoms with van der Waals surface area (Å²) < 4.78 is 4.62. The van der Waals surface area contributed by atoms with E-state index in [1.807, 2.05) is 5.38 Å². The van der Waals surface area contributed by atoms with Crippen LogP contribution >= 0.6 is 11.3 Å². The summed E-state index contributed by atoms with van der Waals surface area (Å²) in [5, 5.41) is 6.22. The molecule has 1 aromatic carbocycles. The van der Waals surface area contributed by atoms with Gasteiger partial charge in [0.05, 0.1) is 19.2 Å². The second-order valence-corrected chi connectivity index (χ2v) is 5.74. The van der Waals surface area contributed by atoms with Crippen LogP contribution < -0.4 is 5.32 Å². The Bertz CT molecular complexity index is 595. The molecule has 0 bridgehead atoms. The lowest BCUT2D eigenvalue weighted by Crippen LogP contribution is -2.05. The van der Waals surface area contributed by atoms with Gasteiger partial charge in [-0.1, -0.05) is 29.8 Å². The first-order valence-electron chi connectivity index (χ1n) is 6.98. The number of hydrogen-bond acceptors (Lipinski definition) is 5. The number of aromatic nitrogens is 1. The first-order valence-corrected chi connectivity index (χ1v) is 7.86. The summed E-state index contributed by atoms with van der Waals surface area (Å²) in [7, 11) is 1.40. The number of nitrogens with one attached hydrogen (secondary N) is 1. The molecule has 0 atom stereocenters. The maximum absolute atomic E-state index is 11.1. The number of nitrogens with zero attached hydrogens (tertiary/aromatic N) is 1. The summed E-state index contributed by atoms with van der Waals surface area (Å²) >= 11 is 1.57. The van der Waals surface area contributed by atoms with Gasteiger partial charge in [0.15, 0.2) is 5.13 Å². The Kier molecular flexibility index (Phi) is 5.75. The molecule has 0 radical (unpaired) electrons. The van der Waals surface area contributed by atoms with Crippen molar-refractivity contribution in [2.24, 2.45) is 0 Å². The molecule has 0 aliphatic carbocycles. The van der Waals surface area contributed by atoms with Crippen molar-refractivity contribution < 1.29 is 9.53 Å². The zero-order valence-corrected chi connectivity index (χ0v) is 13.2. The van der Waals surface area contributed by atoms with Gasteiger partial charge in [-0.3, -0.25) is 4.79 Å². The van der Waals surface area contributed by atoms with E-state index in [0.29, 0.717) is 12.8 Å². The van der Waals surface area contributed by atoms with Crippen LogP contribution in [0, 0.1) is 6.92 Å². The number of rotatable bonds is 7. The van der Waals surface area contributed by atoms with Gasteiger partial charge in [0.2, 0.25) is 0 Å². The molecule has 5 heteroatoms. The van der Waals surface area contributed by atoms with E-state index in [-0.39, 0.29) is 5.97 Å². The van der Waals surface area contributed by atoms with Gasteiger partial charge >= 0.3 is 5.97 Å². The minimum Gasteiger partial charge on any atom is -0.469 e. The van der Waals surface area contributed by atoms with Gasteiger partial charge in [-0.2, -0.15) is 0 Å². The third kappa shape index (κ3) is 5.19. The van der Waals surface area contributed by atoms with Crippen molar-refractivity contribution in [1.82, 2.24) is 4.98 Å². The van der Waals surface area contributed by atoms with Crippen molar-refractivity contribution in [2.45, 2.75) is 26.2 Å². The van der Waals surface area contributed by atoms with Crippen LogP contribution in [0.4, 0.5) is 5.13 Å². The molecule has 4 nitrogen and oxygen atoms in total. The van der Waals surface area contributed by atoms with E-state index in [1.54, 1.807) is 11.3 Å². The van der Waals surface area contributed by atoms with E-state index in [0.717, 1.165) is 23.8 Å². The molecule has 0 spiro atoms. The normalized spacial score (nSPS) is 10.4. The number of benzene rings is 1. The molecule has 0 unspecified atom stereocenters. The van der Waals surface area contributed by atoms with E-state index in [4.69, 9.17) is 0 Å². The highest BCUT2D eigenvalue weighted by Crippen LogP contribution is 2.16. The molecule has 0 amide bonds. The lowest BCUT2D eigenvalue weighted by atomic mass is 10.1. The summed E-state index contributed by atoms with van der Waals surface area (Å²) in [6, 6.07) is 8.52. The van der Waals surface area contributed by atoms with Crippen molar-refractivity contribution in [3.05, 3.63) is 46.5 Å². The third-order valence-corrected chi connectivity index (χ3v) is 3.99. The van der Waals surface area contributed by atoms with Gasteiger partial charge in [0.1, 0.15) is 0 Å². The summed E-state index contributed by atoms with van der Waals surface area (Å²) in [4.78, 5) is 15.6. The van der Waals surface area contributed by atoms with Crippen molar-refractivity contribution in [3.63, 3.8) is 0 Å². The number of carbonyl (C=O) groups excluding carboxylic acids is 1. The molecule has 1 heterocycles. The van der Waals surface area contributed by atoms with E-state index in [1.165, 1.54) is 18.2 Å². The number of carbonyl (C=O) groups is 1. The quantitative estimate of drug-likeness (QED) is 0.798. The van der Waals surface area contributed by atoms with Crippen LogP contribution in [0.1, 0.15) is 23.2 Å². The maximum Gasteiger partial charge on any atom is 0.305 e. The van der Waals surface area contributed by atoms with Crippen molar-refractivity contribution >= 4 is 22.4 Å². The number of aryl methyl sites for hydroxylation is 2. The fourth-order valence-corrected chi connectivity index (χ4v) is 2.79. The third-order valence-electron chi connectivity index (χ3n) is 3.14. The molecule has 1 N–H and O–H groups in total. The first-order chi connectivity index (χ1) is 10.2. The predicted molar refractivity (Wildman–Crippen MR) is 85.8 cm³/mol. The van der Waals surface area contributed by atoms with Gasteiger partial charge in [-0.25, -0.2) is 4.98 Å². The van der Waals surface area contributed by atoms with Crippen LogP contribution in [0.3, 0.4) is 0 Å². The van der Waals surface area contributed by atoms with Crippen LogP contribution in [-0.2, 0) is 22.4 Å². The van der Waals surface area contributed by atoms with Gasteiger partial charge in [0.25, 0.3) is 0 Å². The molecule has 21 heavy (non-hydrogen) atoms. The standard InChI is InChI=1S/C16H20N2O2S/c1-12-4-3-5-13(10-12)8-9-17-16-18-14(11-21-16)6-7-15(19)20-2/h3-5,10-11H,6-9H2,1-2H3,(H,17,18). The molecule has 2 rings (SSSR count). The topological polar surface area (TPSA) is 51.2 Å². The maximum atomic E-state index is 11.1. The SMILES string of the molecule is COC(=O)CCc1csc(NCCc2cccc(C)c2)n1. The zero-order chi connectivity index (χ0) is 15.1. The molecular weight excluding hydrogens is 284 g/mol. The van der Waals surface area contributed by atoms with Crippen LogP contribution in [-0.4, -0.2) is 24.6 Å². The molecule has 0 saturated carbocycles. The smallest absolute Gasteiger partial charge is 0.305 e. The number of ether oxygens (including phenoxy) is 1. The zero-order valence-electron chi connectivity index (χ0n) is 12.4. The Labute approximate surface area is 129 Å². The summed E-state index contributed by atoms with van der Waals surface area (Å²) in [5.41, 5.74) is 3.54. The summed E-state index contributed by atoms with van der Waals surface area (Å²) in [6.45, 7) is 2.96. The van der Waals surface area contributed by atoms with Crippen LogP contribution in [0.5, 0.6) is 0 Å². The lowest BCUT2D eigenvalue weighted by Gasteiger charge is -2.04. The molecular formula is C16H20N2O2S. The Morgan fingerprint density at radius 2 is 2.24 bits per heavy atom. The lowest BCUT2D eigenvalue weighted by molar-refractivity contribution is -0.140. The fraction of sp³-hybridized carbons (Fsp3) is 0.375. The van der Waals surface area contributed by atoms with Crippen LogP contribution in [0.2, 0.25) is 0 Å². The predicted octanol–water partition coefficient (Wildman–Crippen LogP) is 3.21. The number of methoxy groups -OCH3 is 1. The van der Waals surface area contributed by atoms with Crippen molar-refractivity contribution in [3.8, 4) is 0 Å². The molecule has 112 valence electrons. The van der Waals surface area contributed by atoms with Gasteiger partial charge < -0.3 is 10.1 Å². The number of thiazole rings is 1. The first kappa shape index (κ1) is 15.5. The summed E-state index contributed by atoms with van der Waals surface area (Å²) in [6.07, 6.45) is 1.98. The number of esters is 1. The Hall–Kier alpha value is -1.88. The minimum atomic E-state index is -0.197. The molecule has 2 aromatic rings. The van der Waals surface area contributed by atoms with Crippen LogP contribution in [0.25, 0.3) is 0 Å². The van der Waals surface area contributed by atoms with Crippen molar-refractivity contribution in [1.29, 1.82) is 0 Å². The second kappa shape index (κ2) is 7.78. The van der Waals surface area contributed by atoms with Gasteiger partial charge in [-0.05, 0) is 18.9 Å². The fourth-order valence-electron chi connectivity index (χ4n) is 2.02. The number of anilines is 1. The highest BCUT2D eigenvalue weighted by atomic mass is 32.1. The van der Waals surface area contributed by atoms with E-state index >= 15 is 0 Å². The molecule has 1 aromatic heterocycles. The van der Waals surface area contributed by atoms with Gasteiger partial charge in [0, 0.05) is 18.3 Å². The van der Waals surface area contributed by atoms with E-state index in [9.17, 15) is 4.79 Å². The molecule has 0 aliphatic heterocycles. The average Bonchev–Trinajstić information content (AvgIpc) is 2.93. The van der Waals surface area contributed by atoms with Crippen LogP contribution in [0.15, 0.2) is 29.6 Å². The molecule has 0 aliphatic rings. The Morgan fingerprint density at radius 3 is 3.00 bits per heavy atom. The largest absolute Gasteiger partial charge is 0.469 e. The van der Waals surface area contributed by atoms with Crippen molar-refractivity contribution in [2.75, 3.05) is 19.0 Å². The summed E-state index contributed by atoms with van der Waals surface area (Å²) in [5.74, 6) is -0.197. The van der Waals surface area contributed by atoms with E-state index in [2.05, 4.69) is 46.2 Å². The monoisotopic (exact) mass is 304 g/mol. The van der Waals surface area contributed by atoms with E-state index < -0.39 is 0 Å². The average molecular weight is 304 g/mol. The highest BCUT2D eigenvalue weighted by molar-refractivity contribution is 7.13. The molecule has 0 fully saturated rings. The Balaban J connectivity index is 1.76. The Morgan fingerprint density at radius 1 is 1.38 bits per heavy atom. The minimum absolute atomic E-state index is 0.197. The molecule has 0 saturated heterocycles.